The lowest BCUT2D eigenvalue weighted by atomic mass is 10.1. The first-order valence-corrected chi connectivity index (χ1v) is 18.3. The largest absolute Gasteiger partial charge is 0.383 e. The zero-order valence-electron chi connectivity index (χ0n) is 28.3. The van der Waals surface area contributed by atoms with E-state index in [1.54, 1.807) is 0 Å². The van der Waals surface area contributed by atoms with Crippen molar-refractivity contribution in [2.75, 3.05) is 86.0 Å². The van der Waals surface area contributed by atoms with Crippen LogP contribution in [0.5, 0.6) is 0 Å². The number of piperidine rings is 1. The predicted molar refractivity (Wildman–Crippen MR) is 193 cm³/mol. The third-order valence-electron chi connectivity index (χ3n) is 8.63. The van der Waals surface area contributed by atoms with Crippen molar-refractivity contribution < 1.29 is 4.21 Å². The highest BCUT2D eigenvalue weighted by atomic mass is 32.2. The Morgan fingerprint density at radius 1 is 0.660 bits per heavy atom. The van der Waals surface area contributed by atoms with Gasteiger partial charge in [0.2, 0.25) is 11.9 Å². The van der Waals surface area contributed by atoms with Gasteiger partial charge in [-0.25, -0.2) is 9.97 Å². The molecular weight excluding hydrogens is 613 g/mol. The van der Waals surface area contributed by atoms with Gasteiger partial charge in [-0.2, -0.15) is 19.9 Å². The van der Waals surface area contributed by atoms with Gasteiger partial charge in [-0.1, -0.05) is 6.42 Å². The lowest BCUT2D eigenvalue weighted by Gasteiger charge is -2.26. The first-order chi connectivity index (χ1) is 22.7. The maximum atomic E-state index is 11.3. The van der Waals surface area contributed by atoms with Gasteiger partial charge in [0.1, 0.15) is 11.6 Å². The molecule has 0 spiro atoms. The summed E-state index contributed by atoms with van der Waals surface area (Å²) in [5.41, 5.74) is 17.5. The van der Waals surface area contributed by atoms with Gasteiger partial charge in [0, 0.05) is 59.9 Å². The summed E-state index contributed by atoms with van der Waals surface area (Å²) in [5.74, 6) is 3.65. The highest BCUT2D eigenvalue weighted by molar-refractivity contribution is 7.85. The number of rotatable bonds is 10. The van der Waals surface area contributed by atoms with Crippen LogP contribution < -0.4 is 22.1 Å². The van der Waals surface area contributed by atoms with E-state index in [1.165, 1.54) is 32.4 Å². The zero-order valence-corrected chi connectivity index (χ0v) is 29.1. The lowest BCUT2D eigenvalue weighted by Crippen LogP contribution is -2.38. The van der Waals surface area contributed by atoms with E-state index >= 15 is 0 Å². The van der Waals surface area contributed by atoms with Crippen LogP contribution in [0.2, 0.25) is 0 Å². The zero-order chi connectivity index (χ0) is 33.3. The summed E-state index contributed by atoms with van der Waals surface area (Å²) in [5, 5.41) is 8.21. The number of nitrogens with zero attached hydrogens (tertiary/aromatic N) is 8. The van der Waals surface area contributed by atoms with Gasteiger partial charge in [-0.15, -0.1) is 0 Å². The number of nitrogens with one attached hydrogen (secondary N) is 2. The maximum Gasteiger partial charge on any atom is 0.226 e. The highest BCUT2D eigenvalue weighted by Gasteiger charge is 2.15. The van der Waals surface area contributed by atoms with Crippen LogP contribution in [0.4, 0.5) is 23.5 Å². The van der Waals surface area contributed by atoms with Crippen LogP contribution >= 0.6 is 0 Å². The Bertz CT molecular complexity index is 1680. The van der Waals surface area contributed by atoms with E-state index in [4.69, 9.17) is 11.5 Å². The quantitative estimate of drug-likeness (QED) is 0.181. The monoisotopic (exact) mass is 662 g/mol. The van der Waals surface area contributed by atoms with Crippen molar-refractivity contribution in [3.05, 3.63) is 34.6 Å². The predicted octanol–water partition coefficient (Wildman–Crippen LogP) is 3.60. The Morgan fingerprint density at radius 3 is 1.57 bits per heavy atom. The van der Waals surface area contributed by atoms with Crippen molar-refractivity contribution in [1.82, 2.24) is 39.7 Å². The summed E-state index contributed by atoms with van der Waals surface area (Å²) in [6.45, 7) is 16.0. The molecule has 47 heavy (non-hydrogen) atoms. The summed E-state index contributed by atoms with van der Waals surface area (Å²) in [4.78, 5) is 31.6. The lowest BCUT2D eigenvalue weighted by molar-refractivity contribution is 0.228. The molecule has 6 heterocycles. The molecule has 2 saturated heterocycles. The number of nitrogen functional groups attached to an aromatic ring is 2. The summed E-state index contributed by atoms with van der Waals surface area (Å²) < 4.78 is 11.3. The third kappa shape index (κ3) is 9.64. The Labute approximate surface area is 280 Å². The van der Waals surface area contributed by atoms with Crippen LogP contribution in [0, 0.1) is 27.7 Å². The molecule has 254 valence electrons. The van der Waals surface area contributed by atoms with Gasteiger partial charge in [0.25, 0.3) is 0 Å². The van der Waals surface area contributed by atoms with E-state index in [-0.39, 0.29) is 0 Å². The number of nitrogens with two attached hydrogens (primary N) is 2. The fourth-order valence-electron chi connectivity index (χ4n) is 6.27. The van der Waals surface area contributed by atoms with E-state index in [9.17, 15) is 4.21 Å². The molecule has 0 amide bonds. The van der Waals surface area contributed by atoms with Crippen LogP contribution in [-0.4, -0.2) is 108 Å². The first kappa shape index (κ1) is 34.6. The molecule has 2 aliphatic rings. The number of hydrogen-bond acceptors (Lipinski definition) is 13. The molecule has 0 bridgehead atoms. The average molecular weight is 663 g/mol. The van der Waals surface area contributed by atoms with E-state index in [2.05, 4.69) is 50.3 Å². The molecule has 0 aliphatic carbocycles. The number of aromatic nitrogens is 6. The van der Waals surface area contributed by atoms with Crippen LogP contribution in [0.25, 0.3) is 22.1 Å². The molecule has 2 fully saturated rings. The Hall–Kier alpha value is -3.75. The van der Waals surface area contributed by atoms with Crippen molar-refractivity contribution in [2.45, 2.75) is 59.8 Å². The summed E-state index contributed by atoms with van der Waals surface area (Å²) >= 11 is 0. The highest BCUT2D eigenvalue weighted by Crippen LogP contribution is 2.24. The molecule has 4 aromatic heterocycles. The maximum absolute atomic E-state index is 11.3. The summed E-state index contributed by atoms with van der Waals surface area (Å²) in [7, 11) is -0.616. The molecule has 0 unspecified atom stereocenters. The molecule has 14 heteroatoms. The first-order valence-electron chi connectivity index (χ1n) is 16.8. The number of anilines is 4. The Kier molecular flexibility index (Phi) is 12.1. The van der Waals surface area contributed by atoms with Gasteiger partial charge >= 0.3 is 0 Å². The smallest absolute Gasteiger partial charge is 0.226 e. The fraction of sp³-hybridized carbons (Fsp3) is 0.576. The van der Waals surface area contributed by atoms with Gasteiger partial charge in [-0.3, -0.25) is 4.21 Å². The van der Waals surface area contributed by atoms with Crippen molar-refractivity contribution in [3.8, 4) is 0 Å². The van der Waals surface area contributed by atoms with Gasteiger partial charge in [0.15, 0.2) is 11.3 Å². The van der Waals surface area contributed by atoms with Crippen LogP contribution in [0.15, 0.2) is 12.1 Å². The molecule has 0 radical (unpaired) electrons. The third-order valence-corrected chi connectivity index (χ3v) is 9.90. The summed E-state index contributed by atoms with van der Waals surface area (Å²) in [6.07, 6.45) is 6.12. The van der Waals surface area contributed by atoms with Crippen LogP contribution in [0.3, 0.4) is 0 Å². The molecular formula is C33H50N12OS. The number of likely N-dealkylation sites (tertiary alicyclic amines) is 1. The minimum atomic E-state index is -0.616. The summed E-state index contributed by atoms with van der Waals surface area (Å²) in [6, 6.07) is 3.99. The number of fused-ring (bicyclic) bond motifs is 2. The SMILES string of the molecule is Cc1cc(C)c2c(N)nc(NCCCN3CCCCC3)nc2n1.Cc1cc(C)c2c(N)nc(NCCCN3CCS(=O)CC3)nc2n1. The molecule has 4 aromatic rings. The molecule has 0 atom stereocenters. The van der Waals surface area contributed by atoms with Crippen LogP contribution in [0.1, 0.15) is 54.6 Å². The average Bonchev–Trinajstić information content (AvgIpc) is 3.02. The van der Waals surface area contributed by atoms with E-state index in [0.717, 1.165) is 96.9 Å². The van der Waals surface area contributed by atoms with Crippen molar-refractivity contribution in [3.63, 3.8) is 0 Å². The van der Waals surface area contributed by atoms with Gasteiger partial charge in [-0.05, 0) is 103 Å². The molecule has 6 N–H and O–H groups in total. The van der Waals surface area contributed by atoms with Gasteiger partial charge < -0.3 is 31.9 Å². The van der Waals surface area contributed by atoms with Crippen molar-refractivity contribution in [2.24, 2.45) is 0 Å². The normalized spacial score (nSPS) is 16.3. The Morgan fingerprint density at radius 2 is 1.11 bits per heavy atom. The second-order valence-corrected chi connectivity index (χ2v) is 14.3. The molecule has 6 rings (SSSR count). The van der Waals surface area contributed by atoms with Crippen LogP contribution in [-0.2, 0) is 10.8 Å². The molecule has 0 saturated carbocycles. The number of pyridine rings is 2. The second kappa shape index (κ2) is 16.4. The van der Waals surface area contributed by atoms with Gasteiger partial charge in [0.05, 0.1) is 10.8 Å². The molecule has 13 nitrogen and oxygen atoms in total. The number of aryl methyl sites for hydroxylation is 4. The topological polar surface area (TPSA) is 177 Å². The standard InChI is InChI=1S/C17H26N6.C16H24N6OS/c1-12-11-13(2)20-16-14(12)15(18)21-17(22-16)19-7-6-10-23-8-4-3-5-9-23;1-11-10-12(2)19-15-13(11)14(17)20-16(21-15)18-4-3-5-22-6-8-24(23)9-7-22/h11H,3-10H2,1-2H3,(H3,18,19,20,21,22);10H,3-9H2,1-2H3,(H3,17,18,19,20,21). The number of hydrogen-bond donors (Lipinski definition) is 4. The minimum absolute atomic E-state index is 0.464. The van der Waals surface area contributed by atoms with E-state index in [1.807, 2.05) is 39.8 Å². The van der Waals surface area contributed by atoms with E-state index in [0.29, 0.717) is 34.8 Å². The fourth-order valence-corrected chi connectivity index (χ4v) is 7.39. The molecule has 0 aromatic carbocycles. The van der Waals surface area contributed by atoms with Crippen molar-refractivity contribution >= 4 is 56.4 Å². The van der Waals surface area contributed by atoms with E-state index < -0.39 is 10.8 Å². The minimum Gasteiger partial charge on any atom is -0.383 e. The molecule has 2 aliphatic heterocycles. The Balaban J connectivity index is 0.000000185. The van der Waals surface area contributed by atoms with Crippen molar-refractivity contribution in [1.29, 1.82) is 0 Å². The second-order valence-electron chi connectivity index (χ2n) is 12.6.